The second-order valence-corrected chi connectivity index (χ2v) is 7.69. The molecule has 0 aliphatic rings. The van der Waals surface area contributed by atoms with Crippen molar-refractivity contribution in [1.29, 1.82) is 0 Å². The molecular formula is C19H25NO7. The molecule has 1 aromatic rings. The molecule has 0 aromatic heterocycles. The first-order valence-electron chi connectivity index (χ1n) is 8.33. The molecular weight excluding hydrogens is 354 g/mol. The van der Waals surface area contributed by atoms with Crippen molar-refractivity contribution in [2.75, 3.05) is 0 Å². The third kappa shape index (κ3) is 8.35. The first kappa shape index (κ1) is 22.1. The van der Waals surface area contributed by atoms with Gasteiger partial charge in [-0.3, -0.25) is 14.4 Å². The summed E-state index contributed by atoms with van der Waals surface area (Å²) in [6.07, 6.45) is -3.18. The zero-order chi connectivity index (χ0) is 20.8. The summed E-state index contributed by atoms with van der Waals surface area (Å²) >= 11 is 0. The van der Waals surface area contributed by atoms with Crippen LogP contribution in [0.2, 0.25) is 0 Å². The molecule has 8 nitrogen and oxygen atoms in total. The van der Waals surface area contributed by atoms with Gasteiger partial charge in [-0.25, -0.2) is 9.59 Å². The summed E-state index contributed by atoms with van der Waals surface area (Å²) in [4.78, 5) is 53.5. The zero-order valence-corrected chi connectivity index (χ0v) is 16.4. The highest BCUT2D eigenvalue weighted by Crippen LogP contribution is 2.15. The standard InChI is InChI=1S/C19H25NO7/c1-18(2,3)25-16(23)20(27-17(24)26-19(4,5)6)15(22)12-14(21)13-10-8-7-9-11-13/h7-11H,12H2,1-6H3. The molecule has 1 rings (SSSR count). The molecule has 0 unspecified atom stereocenters. The molecule has 0 N–H and O–H groups in total. The monoisotopic (exact) mass is 379 g/mol. The van der Waals surface area contributed by atoms with Gasteiger partial charge in [0.05, 0.1) is 6.42 Å². The highest BCUT2D eigenvalue weighted by atomic mass is 16.8. The van der Waals surface area contributed by atoms with E-state index in [2.05, 4.69) is 0 Å². The van der Waals surface area contributed by atoms with Crippen LogP contribution in [0.1, 0.15) is 58.3 Å². The van der Waals surface area contributed by atoms with Crippen LogP contribution in [-0.2, 0) is 19.1 Å². The van der Waals surface area contributed by atoms with Crippen molar-refractivity contribution in [3.05, 3.63) is 35.9 Å². The minimum absolute atomic E-state index is 0.111. The van der Waals surface area contributed by atoms with Gasteiger partial charge in [-0.1, -0.05) is 35.4 Å². The van der Waals surface area contributed by atoms with Crippen molar-refractivity contribution in [2.45, 2.75) is 59.2 Å². The van der Waals surface area contributed by atoms with E-state index in [-0.39, 0.29) is 10.6 Å². The minimum atomic E-state index is -1.27. The van der Waals surface area contributed by atoms with Crippen LogP contribution in [0.25, 0.3) is 0 Å². The first-order valence-corrected chi connectivity index (χ1v) is 8.33. The number of Topliss-reactive ketones (excluding diaryl/α,β-unsaturated/α-hetero) is 1. The van der Waals surface area contributed by atoms with E-state index in [1.54, 1.807) is 59.7 Å². The number of hydrogen-bond donors (Lipinski definition) is 0. The summed E-state index contributed by atoms with van der Waals surface area (Å²) in [5.41, 5.74) is -1.57. The van der Waals surface area contributed by atoms with Crippen LogP contribution in [0.4, 0.5) is 9.59 Å². The number of imide groups is 1. The Morgan fingerprint density at radius 3 is 1.85 bits per heavy atom. The van der Waals surface area contributed by atoms with Crippen molar-refractivity contribution < 1.29 is 33.5 Å². The minimum Gasteiger partial charge on any atom is -0.441 e. The Balaban J connectivity index is 2.94. The van der Waals surface area contributed by atoms with Crippen molar-refractivity contribution in [3.63, 3.8) is 0 Å². The Kier molecular flexibility index (Phi) is 7.10. The van der Waals surface area contributed by atoms with Gasteiger partial charge >= 0.3 is 12.2 Å². The van der Waals surface area contributed by atoms with Gasteiger partial charge in [-0.05, 0) is 41.5 Å². The fourth-order valence-corrected chi connectivity index (χ4v) is 1.77. The smallest absolute Gasteiger partial charge is 0.441 e. The maximum atomic E-state index is 12.4. The third-order valence-electron chi connectivity index (χ3n) is 2.75. The van der Waals surface area contributed by atoms with E-state index in [4.69, 9.17) is 14.3 Å². The van der Waals surface area contributed by atoms with Crippen LogP contribution in [0.3, 0.4) is 0 Å². The average molecular weight is 379 g/mol. The van der Waals surface area contributed by atoms with Gasteiger partial charge in [-0.15, -0.1) is 0 Å². The quantitative estimate of drug-likeness (QED) is 0.340. The van der Waals surface area contributed by atoms with Gasteiger partial charge < -0.3 is 9.47 Å². The fourth-order valence-electron chi connectivity index (χ4n) is 1.77. The molecule has 0 heterocycles. The molecule has 2 amide bonds. The van der Waals surface area contributed by atoms with Crippen molar-refractivity contribution in [1.82, 2.24) is 5.06 Å². The molecule has 1 aromatic carbocycles. The van der Waals surface area contributed by atoms with Crippen molar-refractivity contribution in [2.24, 2.45) is 0 Å². The van der Waals surface area contributed by atoms with Gasteiger partial charge in [0, 0.05) is 5.56 Å². The van der Waals surface area contributed by atoms with E-state index in [1.807, 2.05) is 0 Å². The molecule has 0 saturated carbocycles. The van der Waals surface area contributed by atoms with E-state index in [0.717, 1.165) is 0 Å². The fraction of sp³-hybridized carbons (Fsp3) is 0.474. The summed E-state index contributed by atoms with van der Waals surface area (Å²) in [6, 6.07) is 8.06. The lowest BCUT2D eigenvalue weighted by molar-refractivity contribution is -0.170. The largest absolute Gasteiger partial charge is 0.534 e. The predicted molar refractivity (Wildman–Crippen MR) is 95.8 cm³/mol. The summed E-state index contributed by atoms with van der Waals surface area (Å²) in [5.74, 6) is -1.59. The van der Waals surface area contributed by atoms with Crippen LogP contribution in [0, 0.1) is 0 Å². The van der Waals surface area contributed by atoms with Crippen LogP contribution in [0.5, 0.6) is 0 Å². The van der Waals surface area contributed by atoms with Gasteiger partial charge in [0.15, 0.2) is 5.78 Å². The number of nitrogens with zero attached hydrogens (tertiary/aromatic N) is 1. The normalized spacial score (nSPS) is 11.3. The molecule has 27 heavy (non-hydrogen) atoms. The average Bonchev–Trinajstić information content (AvgIpc) is 2.49. The Morgan fingerprint density at radius 1 is 0.852 bits per heavy atom. The number of hydroxylamine groups is 2. The topological polar surface area (TPSA) is 99.2 Å². The number of ketones is 1. The number of ether oxygens (including phenoxy) is 2. The SMILES string of the molecule is CC(C)(C)OC(=O)ON(C(=O)CC(=O)c1ccccc1)C(=O)OC(C)(C)C. The van der Waals surface area contributed by atoms with Crippen molar-refractivity contribution in [3.8, 4) is 0 Å². The summed E-state index contributed by atoms with van der Waals surface area (Å²) in [5, 5.41) is 0.111. The van der Waals surface area contributed by atoms with Crippen LogP contribution >= 0.6 is 0 Å². The Morgan fingerprint density at radius 2 is 1.37 bits per heavy atom. The summed E-state index contributed by atoms with van der Waals surface area (Å²) in [6.45, 7) is 9.51. The molecule has 0 aliphatic carbocycles. The number of amides is 2. The summed E-state index contributed by atoms with van der Waals surface area (Å²) in [7, 11) is 0. The lowest BCUT2D eigenvalue weighted by Crippen LogP contribution is -2.43. The van der Waals surface area contributed by atoms with E-state index < -0.39 is 41.6 Å². The molecule has 0 bridgehead atoms. The third-order valence-corrected chi connectivity index (χ3v) is 2.75. The van der Waals surface area contributed by atoms with E-state index >= 15 is 0 Å². The van der Waals surface area contributed by atoms with E-state index in [0.29, 0.717) is 0 Å². The maximum Gasteiger partial charge on any atom is 0.534 e. The van der Waals surface area contributed by atoms with E-state index in [1.165, 1.54) is 12.1 Å². The molecule has 0 radical (unpaired) electrons. The van der Waals surface area contributed by atoms with E-state index in [9.17, 15) is 19.2 Å². The van der Waals surface area contributed by atoms with Crippen LogP contribution < -0.4 is 0 Å². The lowest BCUT2D eigenvalue weighted by Gasteiger charge is -2.26. The number of hydrogen-bond acceptors (Lipinski definition) is 7. The molecule has 148 valence electrons. The van der Waals surface area contributed by atoms with Crippen molar-refractivity contribution >= 4 is 23.9 Å². The Bertz CT molecular complexity index is 699. The molecule has 0 spiro atoms. The highest BCUT2D eigenvalue weighted by Gasteiger charge is 2.34. The van der Waals surface area contributed by atoms with Gasteiger partial charge in [0.1, 0.15) is 11.2 Å². The lowest BCUT2D eigenvalue weighted by atomic mass is 10.1. The molecule has 0 aliphatic heterocycles. The van der Waals surface area contributed by atoms with Crippen LogP contribution in [0.15, 0.2) is 30.3 Å². The Labute approximate surface area is 158 Å². The van der Waals surface area contributed by atoms with Gasteiger partial charge in [0.25, 0.3) is 5.91 Å². The molecule has 0 fully saturated rings. The number of benzene rings is 1. The molecule has 0 atom stereocenters. The van der Waals surface area contributed by atoms with Crippen LogP contribution in [-0.4, -0.2) is 40.2 Å². The number of carbonyl (C=O) groups excluding carboxylic acids is 4. The predicted octanol–water partition coefficient (Wildman–Crippen LogP) is 3.89. The molecule has 0 saturated heterocycles. The Hall–Kier alpha value is -2.90. The first-order chi connectivity index (χ1) is 12.3. The molecule has 8 heteroatoms. The van der Waals surface area contributed by atoms with Gasteiger partial charge in [-0.2, -0.15) is 0 Å². The second kappa shape index (κ2) is 8.66. The van der Waals surface area contributed by atoms with Gasteiger partial charge in [0.2, 0.25) is 0 Å². The maximum absolute atomic E-state index is 12.4. The number of carbonyl (C=O) groups is 4. The highest BCUT2D eigenvalue weighted by molar-refractivity contribution is 6.09. The zero-order valence-electron chi connectivity index (χ0n) is 16.4. The second-order valence-electron chi connectivity index (χ2n) is 7.69. The number of rotatable bonds is 3. The summed E-state index contributed by atoms with van der Waals surface area (Å²) < 4.78 is 10.0.